The number of nitrogens with zero attached hydrogens (tertiary/aromatic N) is 2. The van der Waals surface area contributed by atoms with E-state index in [1.807, 2.05) is 25.0 Å². The number of benzene rings is 1. The van der Waals surface area contributed by atoms with E-state index in [1.54, 1.807) is 0 Å². The average molecular weight is 294 g/mol. The summed E-state index contributed by atoms with van der Waals surface area (Å²) >= 11 is 3.55. The molecule has 0 fully saturated rings. The number of hydrogen-bond acceptors (Lipinski definition) is 2. The molecule has 90 valence electrons. The number of hydrogen-bond donors (Lipinski definition) is 1. The van der Waals surface area contributed by atoms with E-state index in [9.17, 15) is 0 Å². The van der Waals surface area contributed by atoms with E-state index >= 15 is 0 Å². The number of nitrogens with one attached hydrogen (secondary N) is 1. The lowest BCUT2D eigenvalue weighted by Crippen LogP contribution is -2.21. The first-order valence-electron chi connectivity index (χ1n) is 5.54. The Balaban J connectivity index is 2.43. The van der Waals surface area contributed by atoms with Crippen molar-refractivity contribution < 1.29 is 0 Å². The van der Waals surface area contributed by atoms with Gasteiger partial charge >= 0.3 is 0 Å². The van der Waals surface area contributed by atoms with E-state index < -0.39 is 0 Å². The van der Waals surface area contributed by atoms with Gasteiger partial charge in [0.25, 0.3) is 0 Å². The standard InChI is InChI=1S/C13H16BrN3/c1-9-4-6-10(7-5-9)12(15-2)13-11(14)8-16-17(13)3/h4-8,12,15H,1-3H3. The van der Waals surface area contributed by atoms with Crippen molar-refractivity contribution in [1.82, 2.24) is 15.1 Å². The summed E-state index contributed by atoms with van der Waals surface area (Å²) in [4.78, 5) is 0. The second-order valence-electron chi connectivity index (χ2n) is 4.13. The molecule has 0 aliphatic heterocycles. The van der Waals surface area contributed by atoms with Crippen molar-refractivity contribution >= 4 is 15.9 Å². The molecule has 0 saturated heterocycles. The van der Waals surface area contributed by atoms with Crippen molar-refractivity contribution in [2.24, 2.45) is 7.05 Å². The molecule has 0 amide bonds. The molecule has 3 nitrogen and oxygen atoms in total. The maximum absolute atomic E-state index is 4.26. The minimum absolute atomic E-state index is 0.150. The number of rotatable bonds is 3. The topological polar surface area (TPSA) is 29.9 Å². The van der Waals surface area contributed by atoms with Gasteiger partial charge in [0.05, 0.1) is 22.4 Å². The summed E-state index contributed by atoms with van der Waals surface area (Å²) in [5.74, 6) is 0. The molecule has 0 radical (unpaired) electrons. The fourth-order valence-electron chi connectivity index (χ4n) is 1.97. The fraction of sp³-hybridized carbons (Fsp3) is 0.308. The SMILES string of the molecule is CNC(c1ccc(C)cc1)c1c(Br)cnn1C. The van der Waals surface area contributed by atoms with Gasteiger partial charge in [-0.3, -0.25) is 4.68 Å². The summed E-state index contributed by atoms with van der Waals surface area (Å²) < 4.78 is 2.92. The maximum atomic E-state index is 4.26. The summed E-state index contributed by atoms with van der Waals surface area (Å²) in [5.41, 5.74) is 3.64. The summed E-state index contributed by atoms with van der Waals surface area (Å²) in [5, 5.41) is 7.59. The zero-order valence-corrected chi connectivity index (χ0v) is 11.8. The van der Waals surface area contributed by atoms with Gasteiger partial charge in [-0.05, 0) is 35.5 Å². The Morgan fingerprint density at radius 3 is 2.41 bits per heavy atom. The number of aromatic nitrogens is 2. The van der Waals surface area contributed by atoms with Crippen LogP contribution in [-0.4, -0.2) is 16.8 Å². The van der Waals surface area contributed by atoms with Crippen LogP contribution in [0, 0.1) is 6.92 Å². The minimum atomic E-state index is 0.150. The van der Waals surface area contributed by atoms with Gasteiger partial charge in [-0.1, -0.05) is 29.8 Å². The largest absolute Gasteiger partial charge is 0.308 e. The molecule has 1 unspecified atom stereocenters. The molecule has 1 heterocycles. The van der Waals surface area contributed by atoms with Gasteiger partial charge in [0.15, 0.2) is 0 Å². The van der Waals surface area contributed by atoms with Crippen LogP contribution in [0.5, 0.6) is 0 Å². The summed E-state index contributed by atoms with van der Waals surface area (Å²) in [6, 6.07) is 8.71. The van der Waals surface area contributed by atoms with Crippen LogP contribution in [0.2, 0.25) is 0 Å². The molecule has 2 aromatic rings. The molecule has 1 aromatic heterocycles. The molecule has 1 atom stereocenters. The third-order valence-corrected chi connectivity index (χ3v) is 3.52. The molecule has 0 aliphatic carbocycles. The number of aryl methyl sites for hydroxylation is 2. The van der Waals surface area contributed by atoms with Gasteiger partial charge in [-0.2, -0.15) is 5.10 Å². The van der Waals surface area contributed by atoms with Gasteiger partial charge in [0, 0.05) is 7.05 Å². The average Bonchev–Trinajstić information content (AvgIpc) is 2.64. The Morgan fingerprint density at radius 2 is 1.94 bits per heavy atom. The Kier molecular flexibility index (Phi) is 3.64. The second kappa shape index (κ2) is 5.02. The molecule has 0 spiro atoms. The third-order valence-electron chi connectivity index (χ3n) is 2.91. The lowest BCUT2D eigenvalue weighted by Gasteiger charge is -2.18. The highest BCUT2D eigenvalue weighted by Crippen LogP contribution is 2.27. The first-order valence-corrected chi connectivity index (χ1v) is 6.34. The zero-order valence-electron chi connectivity index (χ0n) is 10.2. The Bertz CT molecular complexity index is 482. The molecule has 17 heavy (non-hydrogen) atoms. The van der Waals surface area contributed by atoms with Gasteiger partial charge in [0.1, 0.15) is 0 Å². The molecule has 0 bridgehead atoms. The molecule has 2 rings (SSSR count). The first kappa shape index (κ1) is 12.3. The van der Waals surface area contributed by atoms with Gasteiger partial charge in [-0.15, -0.1) is 0 Å². The highest BCUT2D eigenvalue weighted by atomic mass is 79.9. The van der Waals surface area contributed by atoms with Crippen LogP contribution in [0.1, 0.15) is 22.9 Å². The van der Waals surface area contributed by atoms with Crippen molar-refractivity contribution in [2.45, 2.75) is 13.0 Å². The second-order valence-corrected chi connectivity index (χ2v) is 4.99. The maximum Gasteiger partial charge on any atom is 0.0757 e. The normalized spacial score (nSPS) is 12.7. The van der Waals surface area contributed by atoms with Crippen molar-refractivity contribution in [3.63, 3.8) is 0 Å². The van der Waals surface area contributed by atoms with Crippen molar-refractivity contribution in [2.75, 3.05) is 7.05 Å². The molecule has 1 aromatic carbocycles. The molecule has 0 aliphatic rings. The predicted molar refractivity (Wildman–Crippen MR) is 73.0 cm³/mol. The van der Waals surface area contributed by atoms with Crippen LogP contribution in [-0.2, 0) is 7.05 Å². The zero-order chi connectivity index (χ0) is 12.4. The van der Waals surface area contributed by atoms with Gasteiger partial charge < -0.3 is 5.32 Å². The lowest BCUT2D eigenvalue weighted by atomic mass is 10.0. The Morgan fingerprint density at radius 1 is 1.29 bits per heavy atom. The van der Waals surface area contributed by atoms with Crippen LogP contribution in [0.15, 0.2) is 34.9 Å². The minimum Gasteiger partial charge on any atom is -0.308 e. The van der Waals surface area contributed by atoms with Crippen molar-refractivity contribution in [3.8, 4) is 0 Å². The van der Waals surface area contributed by atoms with E-state index in [-0.39, 0.29) is 6.04 Å². The van der Waals surface area contributed by atoms with Crippen molar-refractivity contribution in [3.05, 3.63) is 51.8 Å². The monoisotopic (exact) mass is 293 g/mol. The molecular weight excluding hydrogens is 278 g/mol. The predicted octanol–water partition coefficient (Wildman–Crippen LogP) is 2.80. The van der Waals surface area contributed by atoms with E-state index in [2.05, 4.69) is 57.5 Å². The van der Waals surface area contributed by atoms with E-state index in [0.717, 1.165) is 10.2 Å². The quantitative estimate of drug-likeness (QED) is 0.943. The summed E-state index contributed by atoms with van der Waals surface area (Å²) in [7, 11) is 3.92. The molecule has 4 heteroatoms. The number of halogens is 1. The van der Waals surface area contributed by atoms with Crippen LogP contribution in [0.25, 0.3) is 0 Å². The highest BCUT2D eigenvalue weighted by molar-refractivity contribution is 9.10. The fourth-order valence-corrected chi connectivity index (χ4v) is 2.54. The third kappa shape index (κ3) is 2.42. The Labute approximate surface area is 110 Å². The van der Waals surface area contributed by atoms with E-state index in [0.29, 0.717) is 0 Å². The van der Waals surface area contributed by atoms with Gasteiger partial charge in [0.2, 0.25) is 0 Å². The van der Waals surface area contributed by atoms with Gasteiger partial charge in [-0.25, -0.2) is 0 Å². The summed E-state index contributed by atoms with van der Waals surface area (Å²) in [6.07, 6.45) is 1.83. The molecular formula is C13H16BrN3. The molecule has 1 N–H and O–H groups in total. The van der Waals surface area contributed by atoms with E-state index in [1.165, 1.54) is 11.1 Å². The summed E-state index contributed by atoms with van der Waals surface area (Å²) in [6.45, 7) is 2.10. The van der Waals surface area contributed by atoms with Crippen LogP contribution >= 0.6 is 15.9 Å². The van der Waals surface area contributed by atoms with Crippen LogP contribution < -0.4 is 5.32 Å². The van der Waals surface area contributed by atoms with Crippen LogP contribution in [0.3, 0.4) is 0 Å². The first-order chi connectivity index (χ1) is 8.13. The van der Waals surface area contributed by atoms with Crippen LogP contribution in [0.4, 0.5) is 0 Å². The Hall–Kier alpha value is -1.13. The van der Waals surface area contributed by atoms with E-state index in [4.69, 9.17) is 0 Å². The lowest BCUT2D eigenvalue weighted by molar-refractivity contribution is 0.604. The smallest absolute Gasteiger partial charge is 0.0757 e. The molecule has 0 saturated carbocycles. The van der Waals surface area contributed by atoms with Crippen molar-refractivity contribution in [1.29, 1.82) is 0 Å². The highest BCUT2D eigenvalue weighted by Gasteiger charge is 2.18.